The monoisotopic (exact) mass is 360 g/mol. The molecule has 0 aliphatic carbocycles. The van der Waals surface area contributed by atoms with Crippen molar-refractivity contribution in [3.8, 4) is 5.75 Å². The van der Waals surface area contributed by atoms with Gasteiger partial charge in [0.25, 0.3) is 0 Å². The Kier molecular flexibility index (Phi) is 4.64. The smallest absolute Gasteiger partial charge is 0.235 e. The first-order chi connectivity index (χ1) is 11.5. The lowest BCUT2D eigenvalue weighted by atomic mass is 10.1. The zero-order valence-electron chi connectivity index (χ0n) is 13.3. The largest absolute Gasteiger partial charge is 0.497 e. The van der Waals surface area contributed by atoms with E-state index in [4.69, 9.17) is 4.74 Å². The van der Waals surface area contributed by atoms with E-state index >= 15 is 0 Å². The van der Waals surface area contributed by atoms with E-state index in [0.29, 0.717) is 12.2 Å². The predicted molar refractivity (Wildman–Crippen MR) is 92.3 cm³/mol. The fourth-order valence-electron chi connectivity index (χ4n) is 2.16. The Balaban J connectivity index is 1.82. The summed E-state index contributed by atoms with van der Waals surface area (Å²) in [5.74, 6) is 1.27. The van der Waals surface area contributed by atoms with Crippen LogP contribution in [0.15, 0.2) is 57.8 Å². The molecule has 1 aromatic heterocycles. The molecular formula is C17H16N2O3S2. The summed E-state index contributed by atoms with van der Waals surface area (Å²) in [6.45, 7) is 1.91. The summed E-state index contributed by atoms with van der Waals surface area (Å²) in [5.41, 5.74) is 2.00. The molecule has 0 saturated heterocycles. The first-order valence-electron chi connectivity index (χ1n) is 7.26. The summed E-state index contributed by atoms with van der Waals surface area (Å²) >= 11 is 0.909. The van der Waals surface area contributed by atoms with Crippen molar-refractivity contribution >= 4 is 21.4 Å². The standard InChI is InChI=1S/C17H16N2O3S2/c1-12-3-9-15(10-4-12)24(20,21)17-18-16(19-23-17)11-13-5-7-14(22-2)8-6-13/h3-10H,11H2,1-2H3. The molecule has 5 nitrogen and oxygen atoms in total. The van der Waals surface area contributed by atoms with Crippen LogP contribution in [0.5, 0.6) is 5.75 Å². The number of benzene rings is 2. The molecule has 3 aromatic rings. The summed E-state index contributed by atoms with van der Waals surface area (Å²) in [4.78, 5) is 4.44. The first kappa shape index (κ1) is 16.6. The quantitative estimate of drug-likeness (QED) is 0.698. The minimum atomic E-state index is -3.61. The van der Waals surface area contributed by atoms with Crippen molar-refractivity contribution in [1.82, 2.24) is 9.36 Å². The second kappa shape index (κ2) is 6.70. The second-order valence-corrected chi connectivity index (χ2v) is 8.19. The average Bonchev–Trinajstić information content (AvgIpc) is 3.05. The third-order valence-corrected chi connectivity index (χ3v) is 6.41. The van der Waals surface area contributed by atoms with Crippen LogP contribution in [0.1, 0.15) is 17.0 Å². The highest BCUT2D eigenvalue weighted by molar-refractivity contribution is 7.93. The third-order valence-electron chi connectivity index (χ3n) is 3.53. The van der Waals surface area contributed by atoms with Crippen molar-refractivity contribution in [2.45, 2.75) is 22.6 Å². The van der Waals surface area contributed by atoms with Crippen LogP contribution < -0.4 is 4.74 Å². The maximum Gasteiger partial charge on any atom is 0.235 e. The number of hydrogen-bond donors (Lipinski definition) is 0. The summed E-state index contributed by atoms with van der Waals surface area (Å²) in [6, 6.07) is 14.3. The number of rotatable bonds is 5. The van der Waals surface area contributed by atoms with Crippen molar-refractivity contribution < 1.29 is 13.2 Å². The van der Waals surface area contributed by atoms with Crippen LogP contribution in [-0.2, 0) is 16.3 Å². The molecule has 0 aliphatic rings. The van der Waals surface area contributed by atoms with E-state index < -0.39 is 9.84 Å². The van der Waals surface area contributed by atoms with Gasteiger partial charge in [-0.25, -0.2) is 13.4 Å². The number of nitrogens with zero attached hydrogens (tertiary/aromatic N) is 2. The lowest BCUT2D eigenvalue weighted by Crippen LogP contribution is -2.02. The predicted octanol–water partition coefficient (Wildman–Crippen LogP) is 3.28. The number of aryl methyl sites for hydroxylation is 1. The van der Waals surface area contributed by atoms with Crippen LogP contribution in [0.2, 0.25) is 0 Å². The van der Waals surface area contributed by atoms with E-state index in [1.807, 2.05) is 31.2 Å². The van der Waals surface area contributed by atoms with Gasteiger partial charge in [-0.2, -0.15) is 4.37 Å². The van der Waals surface area contributed by atoms with Gasteiger partial charge in [-0.1, -0.05) is 29.8 Å². The van der Waals surface area contributed by atoms with E-state index in [1.165, 1.54) is 0 Å². The molecule has 0 fully saturated rings. The van der Waals surface area contributed by atoms with Crippen LogP contribution in [0, 0.1) is 6.92 Å². The molecule has 0 radical (unpaired) electrons. The second-order valence-electron chi connectivity index (χ2n) is 5.32. The molecule has 0 spiro atoms. The molecule has 0 N–H and O–H groups in total. The van der Waals surface area contributed by atoms with Crippen molar-refractivity contribution in [3.05, 3.63) is 65.5 Å². The molecule has 7 heteroatoms. The van der Waals surface area contributed by atoms with Crippen molar-refractivity contribution in [1.29, 1.82) is 0 Å². The van der Waals surface area contributed by atoms with Crippen molar-refractivity contribution in [2.24, 2.45) is 0 Å². The SMILES string of the molecule is COc1ccc(Cc2nsc(S(=O)(=O)c3ccc(C)cc3)n2)cc1. The van der Waals surface area contributed by atoms with Gasteiger partial charge in [-0.15, -0.1) is 0 Å². The molecule has 24 heavy (non-hydrogen) atoms. The van der Waals surface area contributed by atoms with E-state index in [1.54, 1.807) is 31.4 Å². The number of methoxy groups -OCH3 is 1. The van der Waals surface area contributed by atoms with E-state index in [-0.39, 0.29) is 9.24 Å². The fraction of sp³-hybridized carbons (Fsp3) is 0.176. The zero-order chi connectivity index (χ0) is 17.2. The van der Waals surface area contributed by atoms with Gasteiger partial charge in [-0.3, -0.25) is 0 Å². The van der Waals surface area contributed by atoms with E-state index in [0.717, 1.165) is 28.4 Å². The minimum Gasteiger partial charge on any atom is -0.497 e. The maximum atomic E-state index is 12.6. The van der Waals surface area contributed by atoms with Gasteiger partial charge in [-0.05, 0) is 48.3 Å². The Morgan fingerprint density at radius 2 is 1.71 bits per heavy atom. The summed E-state index contributed by atoms with van der Waals surface area (Å²) in [5, 5.41) is 0. The van der Waals surface area contributed by atoms with Crippen molar-refractivity contribution in [2.75, 3.05) is 7.11 Å². The molecule has 0 amide bonds. The van der Waals surface area contributed by atoms with Gasteiger partial charge >= 0.3 is 0 Å². The minimum absolute atomic E-state index is 0.0230. The van der Waals surface area contributed by atoms with Crippen LogP contribution in [0.4, 0.5) is 0 Å². The summed E-state index contributed by atoms with van der Waals surface area (Å²) in [7, 11) is -2.00. The van der Waals surface area contributed by atoms with E-state index in [9.17, 15) is 8.42 Å². The lowest BCUT2D eigenvalue weighted by Gasteiger charge is -2.01. The molecule has 2 aromatic carbocycles. The van der Waals surface area contributed by atoms with Gasteiger partial charge in [0.2, 0.25) is 14.2 Å². The molecule has 0 saturated carbocycles. The Labute approximate surface area is 145 Å². The number of sulfone groups is 1. The molecule has 0 bridgehead atoms. The number of aromatic nitrogens is 2. The third kappa shape index (κ3) is 3.47. The van der Waals surface area contributed by atoms with Gasteiger partial charge in [0.05, 0.1) is 12.0 Å². The Bertz CT molecular complexity index is 931. The lowest BCUT2D eigenvalue weighted by molar-refractivity contribution is 0.414. The Morgan fingerprint density at radius 3 is 2.33 bits per heavy atom. The molecule has 1 heterocycles. The molecule has 0 atom stereocenters. The van der Waals surface area contributed by atoms with Gasteiger partial charge < -0.3 is 4.74 Å². The van der Waals surface area contributed by atoms with Crippen LogP contribution in [-0.4, -0.2) is 24.9 Å². The molecular weight excluding hydrogens is 344 g/mol. The number of hydrogen-bond acceptors (Lipinski definition) is 6. The highest BCUT2D eigenvalue weighted by atomic mass is 32.2. The van der Waals surface area contributed by atoms with Crippen LogP contribution >= 0.6 is 11.5 Å². The molecule has 3 rings (SSSR count). The zero-order valence-corrected chi connectivity index (χ0v) is 14.9. The highest BCUT2D eigenvalue weighted by Gasteiger charge is 2.22. The molecule has 0 aliphatic heterocycles. The Hall–Kier alpha value is -2.25. The molecule has 124 valence electrons. The normalized spacial score (nSPS) is 11.4. The van der Waals surface area contributed by atoms with Gasteiger partial charge in [0.1, 0.15) is 11.6 Å². The van der Waals surface area contributed by atoms with Gasteiger partial charge in [0, 0.05) is 6.42 Å². The summed E-state index contributed by atoms with van der Waals surface area (Å²) < 4.78 is 34.5. The fourth-order valence-corrected chi connectivity index (χ4v) is 4.31. The van der Waals surface area contributed by atoms with Crippen LogP contribution in [0.3, 0.4) is 0 Å². The van der Waals surface area contributed by atoms with Crippen molar-refractivity contribution in [3.63, 3.8) is 0 Å². The Morgan fingerprint density at radius 1 is 1.04 bits per heavy atom. The van der Waals surface area contributed by atoms with E-state index in [2.05, 4.69) is 9.36 Å². The molecule has 0 unspecified atom stereocenters. The highest BCUT2D eigenvalue weighted by Crippen LogP contribution is 2.23. The summed E-state index contributed by atoms with van der Waals surface area (Å²) in [6.07, 6.45) is 0.476. The first-order valence-corrected chi connectivity index (χ1v) is 9.52. The van der Waals surface area contributed by atoms with Gasteiger partial charge in [0.15, 0.2) is 0 Å². The maximum absolute atomic E-state index is 12.6. The average molecular weight is 360 g/mol. The number of ether oxygens (including phenoxy) is 1. The topological polar surface area (TPSA) is 69.2 Å². The van der Waals surface area contributed by atoms with Crippen LogP contribution in [0.25, 0.3) is 0 Å².